The first-order valence-corrected chi connectivity index (χ1v) is 8.43. The number of nitrogens with zero attached hydrogens (tertiary/aromatic N) is 4. The molecule has 1 N–H and O–H groups in total. The summed E-state index contributed by atoms with van der Waals surface area (Å²) in [4.78, 5) is 19.7. The smallest absolute Gasteiger partial charge is 0.307 e. The third-order valence-corrected chi connectivity index (χ3v) is 4.55. The summed E-state index contributed by atoms with van der Waals surface area (Å²) in [5.41, 5.74) is 3.40. The van der Waals surface area contributed by atoms with Crippen LogP contribution in [-0.4, -0.2) is 38.6 Å². The van der Waals surface area contributed by atoms with E-state index < -0.39 is 5.97 Å². The Labute approximate surface area is 151 Å². The number of hydrogen-bond donors (Lipinski definition) is 1. The minimum Gasteiger partial charge on any atom is -0.481 e. The van der Waals surface area contributed by atoms with Gasteiger partial charge in [-0.3, -0.25) is 9.80 Å². The number of carboxylic acids is 1. The van der Waals surface area contributed by atoms with Gasteiger partial charge < -0.3 is 5.11 Å². The zero-order valence-corrected chi connectivity index (χ0v) is 14.8. The Morgan fingerprint density at radius 2 is 1.88 bits per heavy atom. The monoisotopic (exact) mass is 358 g/mol. The zero-order chi connectivity index (χ0) is 18.0. The average molecular weight is 359 g/mol. The van der Waals surface area contributed by atoms with Crippen LogP contribution in [0.5, 0.6) is 0 Å². The maximum Gasteiger partial charge on any atom is 0.307 e. The molecule has 0 fully saturated rings. The lowest BCUT2D eigenvalue weighted by Gasteiger charge is -2.33. The fraction of sp³-hybridized carbons (Fsp3) is 0.278. The van der Waals surface area contributed by atoms with Gasteiger partial charge in [0.2, 0.25) is 0 Å². The van der Waals surface area contributed by atoms with E-state index in [1.54, 1.807) is 24.5 Å². The number of likely N-dealkylation sites (N-methyl/N-ethyl adjacent to an activating group) is 1. The average Bonchev–Trinajstić information content (AvgIpc) is 2.88. The highest BCUT2D eigenvalue weighted by molar-refractivity contribution is 6.30. The predicted octanol–water partition coefficient (Wildman–Crippen LogP) is 3.46. The van der Waals surface area contributed by atoms with E-state index in [0.717, 1.165) is 29.1 Å². The van der Waals surface area contributed by atoms with Crippen LogP contribution in [0.3, 0.4) is 0 Å². The van der Waals surface area contributed by atoms with Crippen molar-refractivity contribution in [1.82, 2.24) is 15.0 Å². The first-order valence-electron chi connectivity index (χ1n) is 8.05. The Balaban J connectivity index is 2.19. The molecule has 0 amide bonds. The quantitative estimate of drug-likeness (QED) is 0.882. The largest absolute Gasteiger partial charge is 0.481 e. The molecule has 2 aromatic rings. The predicted molar refractivity (Wildman–Crippen MR) is 97.0 cm³/mol. The lowest BCUT2D eigenvalue weighted by molar-refractivity contribution is -0.136. The molecule has 0 saturated carbocycles. The third kappa shape index (κ3) is 3.36. The van der Waals surface area contributed by atoms with Crippen molar-refractivity contribution in [2.75, 3.05) is 11.6 Å². The van der Waals surface area contributed by atoms with Crippen molar-refractivity contribution in [3.8, 4) is 0 Å². The molecule has 1 aliphatic heterocycles. The van der Waals surface area contributed by atoms with Crippen LogP contribution in [-0.2, 0) is 4.79 Å². The second kappa shape index (κ2) is 7.21. The zero-order valence-electron chi connectivity index (χ0n) is 14.1. The van der Waals surface area contributed by atoms with Crippen molar-refractivity contribution in [1.29, 1.82) is 0 Å². The van der Waals surface area contributed by atoms with Gasteiger partial charge in [0.15, 0.2) is 0 Å². The van der Waals surface area contributed by atoms with Gasteiger partial charge in [-0.05, 0) is 30.2 Å². The van der Waals surface area contributed by atoms with Gasteiger partial charge in [-0.1, -0.05) is 30.7 Å². The molecule has 130 valence electrons. The Morgan fingerprint density at radius 3 is 2.44 bits per heavy atom. The van der Waals surface area contributed by atoms with Crippen LogP contribution >= 0.6 is 11.6 Å². The Bertz CT molecular complexity index is 792. The van der Waals surface area contributed by atoms with Gasteiger partial charge in [0.25, 0.3) is 0 Å². The molecule has 7 heteroatoms. The van der Waals surface area contributed by atoms with Crippen molar-refractivity contribution < 1.29 is 9.90 Å². The first kappa shape index (κ1) is 17.4. The van der Waals surface area contributed by atoms with E-state index in [-0.39, 0.29) is 12.5 Å². The summed E-state index contributed by atoms with van der Waals surface area (Å²) in [6.45, 7) is 4.77. The SMILES string of the molecule is CCN1C(C)C(CC(=O)O)=C(c2ccc(Cl)cc2)N1c1cncnc1. The van der Waals surface area contributed by atoms with Crippen LogP contribution in [0, 0.1) is 0 Å². The van der Waals surface area contributed by atoms with Crippen LogP contribution in [0.1, 0.15) is 25.8 Å². The summed E-state index contributed by atoms with van der Waals surface area (Å²) >= 11 is 6.02. The molecular weight excluding hydrogens is 340 g/mol. The number of carbonyl (C=O) groups is 1. The third-order valence-electron chi connectivity index (χ3n) is 4.30. The van der Waals surface area contributed by atoms with Gasteiger partial charge >= 0.3 is 5.97 Å². The maximum absolute atomic E-state index is 11.5. The second-order valence-corrected chi connectivity index (χ2v) is 6.23. The Kier molecular flexibility index (Phi) is 5.01. The minimum absolute atomic E-state index is 0.0280. The summed E-state index contributed by atoms with van der Waals surface area (Å²) in [5, 5.41) is 14.2. The summed E-state index contributed by atoms with van der Waals surface area (Å²) in [6, 6.07) is 7.37. The number of rotatable bonds is 5. The van der Waals surface area contributed by atoms with Crippen LogP contribution < -0.4 is 5.01 Å². The normalized spacial score (nSPS) is 18.0. The molecule has 1 aromatic carbocycles. The van der Waals surface area contributed by atoms with Crippen molar-refractivity contribution in [2.24, 2.45) is 0 Å². The number of aliphatic carboxylic acids is 1. The molecule has 2 heterocycles. The van der Waals surface area contributed by atoms with E-state index in [9.17, 15) is 9.90 Å². The van der Waals surface area contributed by atoms with Crippen molar-refractivity contribution in [3.63, 3.8) is 0 Å². The number of benzene rings is 1. The van der Waals surface area contributed by atoms with Gasteiger partial charge in [0, 0.05) is 11.6 Å². The molecular formula is C18H19ClN4O2. The molecule has 1 aromatic heterocycles. The molecule has 0 radical (unpaired) electrons. The Hall–Kier alpha value is -2.44. The van der Waals surface area contributed by atoms with Crippen molar-refractivity contribution in [3.05, 3.63) is 59.1 Å². The van der Waals surface area contributed by atoms with Crippen LogP contribution in [0.15, 0.2) is 48.6 Å². The number of hydrazine groups is 1. The highest BCUT2D eigenvalue weighted by Gasteiger charge is 2.37. The highest BCUT2D eigenvalue weighted by Crippen LogP contribution is 2.40. The van der Waals surface area contributed by atoms with Gasteiger partial charge in [0.1, 0.15) is 6.33 Å². The molecule has 1 unspecified atom stereocenters. The molecule has 3 rings (SSSR count). The lowest BCUT2D eigenvalue weighted by Crippen LogP contribution is -2.41. The standard InChI is InChI=1S/C18H19ClN4O2/c1-3-22-12(2)16(8-17(24)25)18(13-4-6-14(19)7-5-13)23(22)15-9-20-11-21-10-15/h4-7,9-12H,3,8H2,1-2H3,(H,24,25). The van der Waals surface area contributed by atoms with E-state index in [2.05, 4.69) is 15.0 Å². The summed E-state index contributed by atoms with van der Waals surface area (Å²) in [6.07, 6.45) is 4.90. The maximum atomic E-state index is 11.5. The van der Waals surface area contributed by atoms with E-state index in [1.165, 1.54) is 6.33 Å². The van der Waals surface area contributed by atoms with Crippen LogP contribution in [0.25, 0.3) is 5.70 Å². The molecule has 6 nitrogen and oxygen atoms in total. The van der Waals surface area contributed by atoms with Crippen molar-refractivity contribution in [2.45, 2.75) is 26.3 Å². The molecule has 1 atom stereocenters. The molecule has 0 spiro atoms. The summed E-state index contributed by atoms with van der Waals surface area (Å²) < 4.78 is 0. The number of hydrogen-bond acceptors (Lipinski definition) is 5. The summed E-state index contributed by atoms with van der Waals surface area (Å²) in [5.74, 6) is -0.851. The number of halogens is 1. The summed E-state index contributed by atoms with van der Waals surface area (Å²) in [7, 11) is 0. The first-order chi connectivity index (χ1) is 12.0. The van der Waals surface area contributed by atoms with Gasteiger partial charge in [-0.15, -0.1) is 0 Å². The molecule has 0 saturated heterocycles. The van der Waals surface area contributed by atoms with E-state index in [1.807, 2.05) is 31.0 Å². The molecule has 0 aliphatic carbocycles. The van der Waals surface area contributed by atoms with Gasteiger partial charge in [-0.2, -0.15) is 0 Å². The highest BCUT2D eigenvalue weighted by atomic mass is 35.5. The fourth-order valence-corrected chi connectivity index (χ4v) is 3.34. The van der Waals surface area contributed by atoms with E-state index >= 15 is 0 Å². The van der Waals surface area contributed by atoms with Gasteiger partial charge in [0.05, 0.1) is 36.2 Å². The fourth-order valence-electron chi connectivity index (χ4n) is 3.22. The number of carboxylic acid groups (broad SMARTS) is 1. The number of anilines is 1. The van der Waals surface area contributed by atoms with Crippen molar-refractivity contribution >= 4 is 29.0 Å². The molecule has 1 aliphatic rings. The van der Waals surface area contributed by atoms with E-state index in [4.69, 9.17) is 11.6 Å². The minimum atomic E-state index is -0.851. The van der Waals surface area contributed by atoms with Crippen LogP contribution in [0.4, 0.5) is 5.69 Å². The molecule has 0 bridgehead atoms. The van der Waals surface area contributed by atoms with Crippen LogP contribution in [0.2, 0.25) is 5.02 Å². The lowest BCUT2D eigenvalue weighted by atomic mass is 10.00. The second-order valence-electron chi connectivity index (χ2n) is 5.79. The van der Waals surface area contributed by atoms with E-state index in [0.29, 0.717) is 5.02 Å². The molecule has 25 heavy (non-hydrogen) atoms. The van der Waals surface area contributed by atoms with Gasteiger partial charge in [-0.25, -0.2) is 15.0 Å². The topological polar surface area (TPSA) is 69.6 Å². The Morgan fingerprint density at radius 1 is 1.24 bits per heavy atom. The number of aromatic nitrogens is 2.